The summed E-state index contributed by atoms with van der Waals surface area (Å²) in [5.74, 6) is 0. The van der Waals surface area contributed by atoms with Crippen LogP contribution in [0.25, 0.3) is 105 Å². The number of nitrogens with zero attached hydrogens (tertiary/aromatic N) is 2. The highest BCUT2D eigenvalue weighted by Crippen LogP contribution is 2.43. The smallest absolute Gasteiger partial charge is 0.228 e. The largest absolute Gasteiger partial charge is 0.455 e. The van der Waals surface area contributed by atoms with Crippen molar-refractivity contribution in [2.45, 2.75) is 0 Å². The number of hydrogen-bond acceptors (Lipinski definition) is 3. The molecule has 0 aliphatic heterocycles. The zero-order valence-corrected chi connectivity index (χ0v) is 26.2. The van der Waals surface area contributed by atoms with Crippen molar-refractivity contribution in [3.63, 3.8) is 0 Å². The van der Waals surface area contributed by atoms with Crippen LogP contribution in [0, 0.1) is 0 Å². The van der Waals surface area contributed by atoms with Crippen LogP contribution in [0.1, 0.15) is 0 Å². The molecule has 0 spiro atoms. The first-order chi connectivity index (χ1) is 24.3. The maximum atomic E-state index is 6.53. The molecule has 0 radical (unpaired) electrons. The van der Waals surface area contributed by atoms with E-state index in [4.69, 9.17) is 13.8 Å². The average Bonchev–Trinajstić information content (AvgIpc) is 3.83. The van der Waals surface area contributed by atoms with Crippen LogP contribution in [-0.2, 0) is 0 Å². The average molecular weight is 627 g/mol. The van der Waals surface area contributed by atoms with Gasteiger partial charge in [0.1, 0.15) is 16.7 Å². The summed E-state index contributed by atoms with van der Waals surface area (Å²) in [5, 5.41) is 7.81. The normalized spacial score (nSPS) is 12.1. The van der Waals surface area contributed by atoms with Gasteiger partial charge in [0.25, 0.3) is 0 Å². The Labute approximate surface area is 280 Å². The molecule has 0 bridgehead atoms. The molecule has 4 aromatic heterocycles. The van der Waals surface area contributed by atoms with Crippen LogP contribution < -0.4 is 0 Å². The van der Waals surface area contributed by atoms with Gasteiger partial charge in [-0.15, -0.1) is 0 Å². The first kappa shape index (κ1) is 26.4. The SMILES string of the molecule is c1cc(-c2cccc(-n3c4ccccc4c4c5oc6ccccc6c5ccc43)c2)cc(-c2c3ccccc3nc3oc4ccccc4c23)c1. The summed E-state index contributed by atoms with van der Waals surface area (Å²) >= 11 is 0. The number of benzene rings is 7. The molecule has 11 rings (SSSR count). The molecule has 0 aliphatic carbocycles. The Morgan fingerprint density at radius 1 is 0.429 bits per heavy atom. The lowest BCUT2D eigenvalue weighted by atomic mass is 9.93. The standard InChI is InChI=1S/C45H26N2O2/c1-5-19-36-33(16-1)41(43-35-18-4-8-22-40(35)49-45(43)46-36)29-13-9-11-27(25-29)28-12-10-14-30(26-28)47-37-20-6-2-17-34(37)42-38(47)24-23-32-31-15-3-7-21-39(31)48-44(32)42/h1-26H. The first-order valence-corrected chi connectivity index (χ1v) is 16.5. The molecule has 0 atom stereocenters. The molecule has 0 aliphatic rings. The van der Waals surface area contributed by atoms with E-state index in [1.807, 2.05) is 30.3 Å². The fourth-order valence-electron chi connectivity index (χ4n) is 7.87. The van der Waals surface area contributed by atoms with Crippen molar-refractivity contribution in [2.75, 3.05) is 0 Å². The molecule has 49 heavy (non-hydrogen) atoms. The molecule has 4 heterocycles. The Morgan fingerprint density at radius 3 is 1.98 bits per heavy atom. The fraction of sp³-hybridized carbons (Fsp3) is 0. The first-order valence-electron chi connectivity index (χ1n) is 16.5. The zero-order valence-electron chi connectivity index (χ0n) is 26.2. The fourth-order valence-corrected chi connectivity index (χ4v) is 7.87. The minimum atomic E-state index is 0.659. The van der Waals surface area contributed by atoms with Crippen LogP contribution in [0.2, 0.25) is 0 Å². The molecule has 4 heteroatoms. The molecule has 7 aromatic carbocycles. The Balaban J connectivity index is 1.12. The molecular weight excluding hydrogens is 601 g/mol. The highest BCUT2D eigenvalue weighted by Gasteiger charge is 2.20. The second-order valence-electron chi connectivity index (χ2n) is 12.7. The van der Waals surface area contributed by atoms with Gasteiger partial charge in [0.2, 0.25) is 5.71 Å². The van der Waals surface area contributed by atoms with Gasteiger partial charge in [0.15, 0.2) is 0 Å². The van der Waals surface area contributed by atoms with E-state index in [1.165, 1.54) is 5.39 Å². The minimum absolute atomic E-state index is 0.659. The van der Waals surface area contributed by atoms with E-state index in [0.717, 1.165) is 93.6 Å². The molecule has 0 fully saturated rings. The molecule has 0 N–H and O–H groups in total. The Kier molecular flexibility index (Phi) is 5.35. The van der Waals surface area contributed by atoms with Crippen molar-refractivity contribution < 1.29 is 8.83 Å². The zero-order chi connectivity index (χ0) is 32.1. The number of fused-ring (bicyclic) bond motifs is 11. The summed E-state index contributed by atoms with van der Waals surface area (Å²) in [6, 6.07) is 55.6. The highest BCUT2D eigenvalue weighted by molar-refractivity contribution is 6.24. The van der Waals surface area contributed by atoms with Crippen LogP contribution in [-0.4, -0.2) is 9.55 Å². The Morgan fingerprint density at radius 2 is 1.10 bits per heavy atom. The van der Waals surface area contributed by atoms with Gasteiger partial charge in [-0.2, -0.15) is 0 Å². The third-order valence-electron chi connectivity index (χ3n) is 9.99. The lowest BCUT2D eigenvalue weighted by Gasteiger charge is -2.13. The minimum Gasteiger partial charge on any atom is -0.455 e. The van der Waals surface area contributed by atoms with Gasteiger partial charge in [-0.3, -0.25) is 0 Å². The summed E-state index contributed by atoms with van der Waals surface area (Å²) in [6.07, 6.45) is 0. The molecule has 0 amide bonds. The summed E-state index contributed by atoms with van der Waals surface area (Å²) in [5.41, 5.74) is 12.2. The van der Waals surface area contributed by atoms with Crippen molar-refractivity contribution >= 4 is 76.7 Å². The van der Waals surface area contributed by atoms with Crippen molar-refractivity contribution in [1.82, 2.24) is 9.55 Å². The van der Waals surface area contributed by atoms with E-state index in [2.05, 4.69) is 132 Å². The number of pyridine rings is 1. The topological polar surface area (TPSA) is 44.1 Å². The quantitative estimate of drug-likeness (QED) is 0.196. The van der Waals surface area contributed by atoms with E-state index < -0.39 is 0 Å². The van der Waals surface area contributed by atoms with Crippen LogP contribution in [0.3, 0.4) is 0 Å². The Hall–Kier alpha value is -6.65. The lowest BCUT2D eigenvalue weighted by molar-refractivity contribution is 0.656. The van der Waals surface area contributed by atoms with Gasteiger partial charge in [-0.1, -0.05) is 103 Å². The summed E-state index contributed by atoms with van der Waals surface area (Å²) in [6.45, 7) is 0. The second kappa shape index (κ2) is 9.93. The predicted molar refractivity (Wildman–Crippen MR) is 202 cm³/mol. The van der Waals surface area contributed by atoms with Gasteiger partial charge in [-0.05, 0) is 71.3 Å². The summed E-state index contributed by atoms with van der Waals surface area (Å²) in [7, 11) is 0. The van der Waals surface area contributed by atoms with Crippen molar-refractivity contribution in [3.8, 4) is 27.9 Å². The van der Waals surface area contributed by atoms with Gasteiger partial charge in [-0.25, -0.2) is 4.98 Å². The van der Waals surface area contributed by atoms with Crippen LogP contribution in [0.15, 0.2) is 167 Å². The summed E-state index contributed by atoms with van der Waals surface area (Å²) in [4.78, 5) is 4.93. The molecule has 0 saturated carbocycles. The van der Waals surface area contributed by atoms with E-state index in [0.29, 0.717) is 5.71 Å². The number of furan rings is 2. The number of aromatic nitrogens is 2. The van der Waals surface area contributed by atoms with Crippen molar-refractivity contribution in [2.24, 2.45) is 0 Å². The number of para-hydroxylation sites is 4. The molecule has 11 aromatic rings. The van der Waals surface area contributed by atoms with Crippen molar-refractivity contribution in [3.05, 3.63) is 158 Å². The van der Waals surface area contributed by atoms with Crippen LogP contribution >= 0.6 is 0 Å². The molecule has 228 valence electrons. The lowest BCUT2D eigenvalue weighted by Crippen LogP contribution is -1.94. The maximum Gasteiger partial charge on any atom is 0.228 e. The molecule has 4 nitrogen and oxygen atoms in total. The second-order valence-corrected chi connectivity index (χ2v) is 12.7. The Bertz CT molecular complexity index is 3120. The van der Waals surface area contributed by atoms with Crippen molar-refractivity contribution in [1.29, 1.82) is 0 Å². The van der Waals surface area contributed by atoms with Gasteiger partial charge >= 0.3 is 0 Å². The van der Waals surface area contributed by atoms with E-state index >= 15 is 0 Å². The van der Waals surface area contributed by atoms with E-state index in [1.54, 1.807) is 0 Å². The number of hydrogen-bond donors (Lipinski definition) is 0. The predicted octanol–water partition coefficient (Wildman–Crippen LogP) is 12.5. The van der Waals surface area contributed by atoms with Crippen LogP contribution in [0.5, 0.6) is 0 Å². The third kappa shape index (κ3) is 3.77. The molecular formula is C45H26N2O2. The maximum absolute atomic E-state index is 6.53. The van der Waals surface area contributed by atoms with E-state index in [9.17, 15) is 0 Å². The van der Waals surface area contributed by atoms with Crippen LogP contribution in [0.4, 0.5) is 0 Å². The van der Waals surface area contributed by atoms with Gasteiger partial charge in [0, 0.05) is 38.2 Å². The highest BCUT2D eigenvalue weighted by atomic mass is 16.3. The molecule has 0 saturated heterocycles. The van der Waals surface area contributed by atoms with E-state index in [-0.39, 0.29) is 0 Å². The third-order valence-corrected chi connectivity index (χ3v) is 9.99. The van der Waals surface area contributed by atoms with Gasteiger partial charge in [0.05, 0.1) is 27.3 Å². The van der Waals surface area contributed by atoms with Gasteiger partial charge < -0.3 is 13.4 Å². The summed E-state index contributed by atoms with van der Waals surface area (Å²) < 4.78 is 15.2. The number of rotatable bonds is 3. The monoisotopic (exact) mass is 626 g/mol. The molecule has 0 unspecified atom stereocenters.